The van der Waals surface area contributed by atoms with E-state index < -0.39 is 11.5 Å². The Hall–Kier alpha value is -3.74. The van der Waals surface area contributed by atoms with E-state index >= 15 is 0 Å². The molecule has 0 unspecified atom stereocenters. The number of fused-ring (bicyclic) bond motifs is 1. The zero-order chi connectivity index (χ0) is 17.9. The van der Waals surface area contributed by atoms with E-state index in [-0.39, 0.29) is 12.1 Å². The SMILES string of the molecule is O=C(NCc1cnn(-c2ccccc2)c1)c1cnc2ccccn2c1=O. The van der Waals surface area contributed by atoms with Crippen LogP contribution >= 0.6 is 0 Å². The molecule has 0 atom stereocenters. The van der Waals surface area contributed by atoms with Gasteiger partial charge in [0.15, 0.2) is 0 Å². The van der Waals surface area contributed by atoms with Crippen LogP contribution in [0.4, 0.5) is 0 Å². The van der Waals surface area contributed by atoms with Crippen molar-refractivity contribution in [1.29, 1.82) is 0 Å². The maximum Gasteiger partial charge on any atom is 0.270 e. The maximum absolute atomic E-state index is 12.4. The number of hydrogen-bond acceptors (Lipinski definition) is 4. The first kappa shape index (κ1) is 15.8. The van der Waals surface area contributed by atoms with Gasteiger partial charge >= 0.3 is 0 Å². The molecule has 0 radical (unpaired) electrons. The first-order valence-electron chi connectivity index (χ1n) is 8.06. The van der Waals surface area contributed by atoms with E-state index in [2.05, 4.69) is 15.4 Å². The molecule has 26 heavy (non-hydrogen) atoms. The van der Waals surface area contributed by atoms with Gasteiger partial charge in [-0.2, -0.15) is 5.10 Å². The van der Waals surface area contributed by atoms with Crippen molar-refractivity contribution in [3.05, 3.63) is 94.8 Å². The number of para-hydroxylation sites is 1. The number of amides is 1. The van der Waals surface area contributed by atoms with Gasteiger partial charge in [0.25, 0.3) is 11.5 Å². The van der Waals surface area contributed by atoms with Crippen LogP contribution in [0.15, 0.2) is 78.1 Å². The molecule has 0 bridgehead atoms. The molecule has 7 nitrogen and oxygen atoms in total. The summed E-state index contributed by atoms with van der Waals surface area (Å²) in [5.41, 5.74) is 1.87. The third-order valence-corrected chi connectivity index (χ3v) is 3.97. The number of aromatic nitrogens is 4. The van der Waals surface area contributed by atoms with Gasteiger partial charge in [0, 0.05) is 30.7 Å². The van der Waals surface area contributed by atoms with Crippen LogP contribution in [0, 0.1) is 0 Å². The second-order valence-corrected chi connectivity index (χ2v) is 5.72. The molecule has 4 rings (SSSR count). The molecule has 4 aromatic rings. The van der Waals surface area contributed by atoms with Crippen LogP contribution < -0.4 is 10.9 Å². The molecular weight excluding hydrogens is 330 g/mol. The average molecular weight is 345 g/mol. The number of carbonyl (C=O) groups excluding carboxylic acids is 1. The molecule has 1 amide bonds. The lowest BCUT2D eigenvalue weighted by atomic mass is 10.3. The maximum atomic E-state index is 12.4. The van der Waals surface area contributed by atoms with E-state index in [1.165, 1.54) is 10.6 Å². The lowest BCUT2D eigenvalue weighted by molar-refractivity contribution is 0.0949. The highest BCUT2D eigenvalue weighted by Gasteiger charge is 2.13. The first-order valence-corrected chi connectivity index (χ1v) is 8.06. The average Bonchev–Trinajstić information content (AvgIpc) is 3.16. The standard InChI is InChI=1S/C19H15N5O2/c25-18(16-12-20-17-8-4-5-9-23(17)19(16)26)21-10-14-11-22-24(13-14)15-6-2-1-3-7-15/h1-9,11-13H,10H2,(H,21,25). The Balaban J connectivity index is 1.50. The van der Waals surface area contributed by atoms with E-state index in [1.54, 1.807) is 35.3 Å². The molecule has 128 valence electrons. The molecule has 0 saturated heterocycles. The zero-order valence-corrected chi connectivity index (χ0v) is 13.7. The van der Waals surface area contributed by atoms with Gasteiger partial charge in [-0.25, -0.2) is 9.67 Å². The summed E-state index contributed by atoms with van der Waals surface area (Å²) in [5.74, 6) is -0.465. The molecule has 3 aromatic heterocycles. The smallest absolute Gasteiger partial charge is 0.270 e. The van der Waals surface area contributed by atoms with Crippen LogP contribution in [-0.2, 0) is 6.54 Å². The summed E-state index contributed by atoms with van der Waals surface area (Å²) in [6.07, 6.45) is 6.41. The van der Waals surface area contributed by atoms with Crippen molar-refractivity contribution in [2.24, 2.45) is 0 Å². The van der Waals surface area contributed by atoms with Gasteiger partial charge in [-0.05, 0) is 24.3 Å². The second kappa shape index (κ2) is 6.64. The Labute approximate surface area is 148 Å². The Morgan fingerprint density at radius 3 is 2.69 bits per heavy atom. The fourth-order valence-electron chi connectivity index (χ4n) is 2.63. The molecular formula is C19H15N5O2. The van der Waals surface area contributed by atoms with Crippen LogP contribution in [0.2, 0.25) is 0 Å². The van der Waals surface area contributed by atoms with Gasteiger partial charge < -0.3 is 5.32 Å². The fraction of sp³-hybridized carbons (Fsp3) is 0.0526. The minimum Gasteiger partial charge on any atom is -0.348 e. The van der Waals surface area contributed by atoms with Gasteiger partial charge in [0.1, 0.15) is 11.2 Å². The lowest BCUT2D eigenvalue weighted by Gasteiger charge is -2.05. The van der Waals surface area contributed by atoms with Crippen LogP contribution in [0.25, 0.3) is 11.3 Å². The second-order valence-electron chi connectivity index (χ2n) is 5.72. The quantitative estimate of drug-likeness (QED) is 0.612. The van der Waals surface area contributed by atoms with Gasteiger partial charge in [0.05, 0.1) is 11.9 Å². The van der Waals surface area contributed by atoms with Crippen LogP contribution in [0.5, 0.6) is 0 Å². The van der Waals surface area contributed by atoms with Crippen LogP contribution in [0.1, 0.15) is 15.9 Å². The summed E-state index contributed by atoms with van der Waals surface area (Å²) in [7, 11) is 0. The topological polar surface area (TPSA) is 81.3 Å². The highest BCUT2D eigenvalue weighted by Crippen LogP contribution is 2.07. The number of nitrogens with zero attached hydrogens (tertiary/aromatic N) is 4. The van der Waals surface area contributed by atoms with Crippen molar-refractivity contribution in [2.45, 2.75) is 6.54 Å². The highest BCUT2D eigenvalue weighted by atomic mass is 16.2. The number of hydrogen-bond donors (Lipinski definition) is 1. The Morgan fingerprint density at radius 1 is 1.04 bits per heavy atom. The van der Waals surface area contributed by atoms with Crippen LogP contribution in [0.3, 0.4) is 0 Å². The fourth-order valence-corrected chi connectivity index (χ4v) is 2.63. The van der Waals surface area contributed by atoms with Crippen molar-refractivity contribution >= 4 is 11.6 Å². The minimum atomic E-state index is -0.465. The number of benzene rings is 1. The minimum absolute atomic E-state index is 0.00384. The number of rotatable bonds is 4. The largest absolute Gasteiger partial charge is 0.348 e. The number of nitrogens with one attached hydrogen (secondary N) is 1. The third kappa shape index (κ3) is 2.98. The molecule has 7 heteroatoms. The van der Waals surface area contributed by atoms with Crippen molar-refractivity contribution in [1.82, 2.24) is 24.5 Å². The van der Waals surface area contributed by atoms with E-state index in [1.807, 2.05) is 36.5 Å². The van der Waals surface area contributed by atoms with Gasteiger partial charge in [-0.3, -0.25) is 14.0 Å². The predicted octanol–water partition coefficient (Wildman–Crippen LogP) is 1.81. The first-order chi connectivity index (χ1) is 12.7. The summed E-state index contributed by atoms with van der Waals surface area (Å²) < 4.78 is 3.08. The molecule has 0 saturated carbocycles. The van der Waals surface area contributed by atoms with Crippen molar-refractivity contribution in [2.75, 3.05) is 0 Å². The summed E-state index contributed by atoms with van der Waals surface area (Å²) >= 11 is 0. The molecule has 0 spiro atoms. The lowest BCUT2D eigenvalue weighted by Crippen LogP contribution is -2.31. The molecule has 0 aliphatic rings. The Morgan fingerprint density at radius 2 is 1.85 bits per heavy atom. The van der Waals surface area contributed by atoms with E-state index in [0.717, 1.165) is 11.3 Å². The molecule has 1 N–H and O–H groups in total. The van der Waals surface area contributed by atoms with E-state index in [4.69, 9.17) is 0 Å². The van der Waals surface area contributed by atoms with Crippen molar-refractivity contribution < 1.29 is 4.79 Å². The predicted molar refractivity (Wildman–Crippen MR) is 96.2 cm³/mol. The molecule has 3 heterocycles. The molecule has 0 fully saturated rings. The van der Waals surface area contributed by atoms with E-state index in [0.29, 0.717) is 5.65 Å². The number of carbonyl (C=O) groups is 1. The molecule has 0 aliphatic carbocycles. The monoisotopic (exact) mass is 345 g/mol. The highest BCUT2D eigenvalue weighted by molar-refractivity contribution is 5.93. The summed E-state index contributed by atoms with van der Waals surface area (Å²) in [6, 6.07) is 14.9. The third-order valence-electron chi connectivity index (χ3n) is 3.97. The van der Waals surface area contributed by atoms with Crippen LogP contribution in [-0.4, -0.2) is 25.1 Å². The summed E-state index contributed by atoms with van der Waals surface area (Å²) in [6.45, 7) is 0.266. The van der Waals surface area contributed by atoms with Crippen molar-refractivity contribution in [3.63, 3.8) is 0 Å². The normalized spacial score (nSPS) is 10.8. The zero-order valence-electron chi connectivity index (χ0n) is 13.7. The summed E-state index contributed by atoms with van der Waals surface area (Å²) in [4.78, 5) is 28.9. The summed E-state index contributed by atoms with van der Waals surface area (Å²) in [5, 5.41) is 7.02. The van der Waals surface area contributed by atoms with Gasteiger partial charge in [-0.15, -0.1) is 0 Å². The Kier molecular flexibility index (Phi) is 4.03. The van der Waals surface area contributed by atoms with Gasteiger partial charge in [-0.1, -0.05) is 24.3 Å². The van der Waals surface area contributed by atoms with Crippen molar-refractivity contribution in [3.8, 4) is 5.69 Å². The van der Waals surface area contributed by atoms with E-state index in [9.17, 15) is 9.59 Å². The number of pyridine rings is 1. The molecule has 1 aromatic carbocycles. The van der Waals surface area contributed by atoms with Gasteiger partial charge in [0.2, 0.25) is 0 Å². The molecule has 0 aliphatic heterocycles. The Bertz CT molecular complexity index is 1130.